The highest BCUT2D eigenvalue weighted by atomic mass is 35.5. The van der Waals surface area contributed by atoms with Gasteiger partial charge in [0.2, 0.25) is 10.0 Å². The zero-order valence-corrected chi connectivity index (χ0v) is 13.6. The summed E-state index contributed by atoms with van der Waals surface area (Å²) in [6.45, 7) is 0.414. The molecule has 0 atom stereocenters. The van der Waals surface area contributed by atoms with Gasteiger partial charge in [0.25, 0.3) is 0 Å². The number of aryl methyl sites for hydroxylation is 1. The molecule has 0 radical (unpaired) electrons. The predicted molar refractivity (Wildman–Crippen MR) is 82.7 cm³/mol. The third-order valence-corrected chi connectivity index (χ3v) is 5.49. The molecule has 0 unspecified atom stereocenters. The topological polar surface area (TPSA) is 55.2 Å². The quantitative estimate of drug-likeness (QED) is 0.763. The fraction of sp³-hybridized carbons (Fsp3) is 0.357. The predicted octanol–water partition coefficient (Wildman–Crippen LogP) is 2.02. The highest BCUT2D eigenvalue weighted by Crippen LogP contribution is 2.18. The molecule has 0 N–H and O–H groups in total. The summed E-state index contributed by atoms with van der Waals surface area (Å²) < 4.78 is 28.1. The Morgan fingerprint density at radius 2 is 2.00 bits per heavy atom. The molecule has 2 heterocycles. The first-order chi connectivity index (χ1) is 9.95. The van der Waals surface area contributed by atoms with Gasteiger partial charge in [-0.1, -0.05) is 0 Å². The molecule has 0 aliphatic rings. The number of sulfonamides is 1. The van der Waals surface area contributed by atoms with E-state index in [1.165, 1.54) is 4.31 Å². The van der Waals surface area contributed by atoms with Gasteiger partial charge in [-0.05, 0) is 30.2 Å². The Labute approximate surface area is 130 Å². The zero-order chi connectivity index (χ0) is 15.5. The van der Waals surface area contributed by atoms with Crippen molar-refractivity contribution in [1.29, 1.82) is 0 Å². The Bertz CT molecular complexity index is 698. The number of likely N-dealkylation sites (N-methyl/N-ethyl adjacent to an activating group) is 1. The van der Waals surface area contributed by atoms with E-state index >= 15 is 0 Å². The van der Waals surface area contributed by atoms with Crippen LogP contribution in [0.2, 0.25) is 0 Å². The van der Waals surface area contributed by atoms with E-state index in [9.17, 15) is 8.42 Å². The maximum absolute atomic E-state index is 12.5. The van der Waals surface area contributed by atoms with Crippen molar-refractivity contribution in [3.05, 3.63) is 48.0 Å². The van der Waals surface area contributed by atoms with E-state index < -0.39 is 10.0 Å². The van der Waals surface area contributed by atoms with Gasteiger partial charge in [-0.25, -0.2) is 12.7 Å². The molecule has 7 heteroatoms. The van der Waals surface area contributed by atoms with Crippen LogP contribution in [0.1, 0.15) is 11.3 Å². The summed E-state index contributed by atoms with van der Waals surface area (Å²) >= 11 is 5.78. The fourth-order valence-electron chi connectivity index (χ4n) is 1.99. The van der Waals surface area contributed by atoms with Crippen LogP contribution in [-0.2, 0) is 29.4 Å². The minimum atomic E-state index is -3.48. The minimum absolute atomic E-state index is 0.276. The van der Waals surface area contributed by atoms with Crippen molar-refractivity contribution in [3.63, 3.8) is 0 Å². The molecule has 0 aliphatic heterocycles. The SMILES string of the molecule is CN(CCc1ccncc1)S(=O)(=O)c1cc(CCl)n(C)c1. The summed E-state index contributed by atoms with van der Waals surface area (Å²) in [4.78, 5) is 4.22. The number of hydrogen-bond donors (Lipinski definition) is 0. The van der Waals surface area contributed by atoms with E-state index in [-0.39, 0.29) is 10.8 Å². The van der Waals surface area contributed by atoms with Crippen LogP contribution in [0.3, 0.4) is 0 Å². The van der Waals surface area contributed by atoms with Crippen molar-refractivity contribution in [2.45, 2.75) is 17.2 Å². The smallest absolute Gasteiger partial charge is 0.244 e. The minimum Gasteiger partial charge on any atom is -0.352 e. The van der Waals surface area contributed by atoms with Crippen LogP contribution in [-0.4, -0.2) is 35.9 Å². The number of halogens is 1. The second-order valence-electron chi connectivity index (χ2n) is 4.84. The molecule has 0 amide bonds. The molecule has 0 saturated heterocycles. The largest absolute Gasteiger partial charge is 0.352 e. The molecule has 21 heavy (non-hydrogen) atoms. The van der Waals surface area contributed by atoms with Crippen LogP contribution in [0.4, 0.5) is 0 Å². The van der Waals surface area contributed by atoms with Crippen LogP contribution in [0, 0.1) is 0 Å². The summed E-state index contributed by atoms with van der Waals surface area (Å²) in [7, 11) is -0.110. The Balaban J connectivity index is 2.11. The number of alkyl halides is 1. The van der Waals surface area contributed by atoms with E-state index in [0.717, 1.165) is 11.3 Å². The highest BCUT2D eigenvalue weighted by molar-refractivity contribution is 7.89. The monoisotopic (exact) mass is 327 g/mol. The van der Waals surface area contributed by atoms with Crippen LogP contribution in [0.5, 0.6) is 0 Å². The second kappa shape index (κ2) is 6.60. The highest BCUT2D eigenvalue weighted by Gasteiger charge is 2.22. The van der Waals surface area contributed by atoms with E-state index in [0.29, 0.717) is 13.0 Å². The summed E-state index contributed by atoms with van der Waals surface area (Å²) in [6.07, 6.45) is 5.64. The lowest BCUT2D eigenvalue weighted by molar-refractivity contribution is 0.472. The van der Waals surface area contributed by atoms with Gasteiger partial charge in [0.05, 0.1) is 5.88 Å². The maximum Gasteiger partial charge on any atom is 0.244 e. The third-order valence-electron chi connectivity index (χ3n) is 3.39. The van der Waals surface area contributed by atoms with Crippen LogP contribution >= 0.6 is 11.6 Å². The van der Waals surface area contributed by atoms with Crippen LogP contribution in [0.25, 0.3) is 0 Å². The Hall–Kier alpha value is -1.37. The first-order valence-corrected chi connectivity index (χ1v) is 8.49. The van der Waals surface area contributed by atoms with Crippen LogP contribution < -0.4 is 0 Å². The molecule has 0 saturated carbocycles. The van der Waals surface area contributed by atoms with Gasteiger partial charge in [0.15, 0.2) is 0 Å². The molecule has 0 spiro atoms. The standard InChI is InChI=1S/C14H18ClN3O2S/c1-17-11-14(9-13(17)10-15)21(19,20)18(2)8-5-12-3-6-16-7-4-12/h3-4,6-7,9,11H,5,8,10H2,1-2H3. The summed E-state index contributed by atoms with van der Waals surface area (Å²) in [5, 5.41) is 0. The molecule has 0 aliphatic carbocycles. The Morgan fingerprint density at radius 3 is 2.57 bits per heavy atom. The van der Waals surface area contributed by atoms with E-state index in [1.54, 1.807) is 43.3 Å². The molecular weight excluding hydrogens is 310 g/mol. The zero-order valence-electron chi connectivity index (χ0n) is 12.0. The molecule has 2 aromatic heterocycles. The number of nitrogens with zero attached hydrogens (tertiary/aromatic N) is 3. The molecule has 5 nitrogen and oxygen atoms in total. The van der Waals surface area contributed by atoms with Gasteiger partial charge in [0.1, 0.15) is 4.90 Å². The van der Waals surface area contributed by atoms with Gasteiger partial charge in [-0.3, -0.25) is 4.98 Å². The fourth-order valence-corrected chi connectivity index (χ4v) is 3.52. The average molecular weight is 328 g/mol. The normalized spacial score (nSPS) is 12.0. The lowest BCUT2D eigenvalue weighted by Gasteiger charge is -2.16. The van der Waals surface area contributed by atoms with Crippen molar-refractivity contribution in [2.75, 3.05) is 13.6 Å². The van der Waals surface area contributed by atoms with E-state index in [1.807, 2.05) is 12.1 Å². The van der Waals surface area contributed by atoms with Crippen LogP contribution in [0.15, 0.2) is 41.7 Å². The maximum atomic E-state index is 12.5. The number of rotatable bonds is 6. The van der Waals surface area contributed by atoms with Crippen molar-refractivity contribution in [3.8, 4) is 0 Å². The lowest BCUT2D eigenvalue weighted by atomic mass is 10.2. The summed E-state index contributed by atoms with van der Waals surface area (Å²) in [5.74, 6) is 0.284. The van der Waals surface area contributed by atoms with Gasteiger partial charge < -0.3 is 4.57 Å². The Kier molecular flexibility index (Phi) is 5.03. The summed E-state index contributed by atoms with van der Waals surface area (Å²) in [6, 6.07) is 5.38. The third kappa shape index (κ3) is 3.64. The second-order valence-corrected chi connectivity index (χ2v) is 7.16. The average Bonchev–Trinajstić information content (AvgIpc) is 2.87. The van der Waals surface area contributed by atoms with Crippen molar-refractivity contribution in [2.24, 2.45) is 7.05 Å². The first kappa shape index (κ1) is 16.0. The molecule has 2 aromatic rings. The molecule has 114 valence electrons. The number of hydrogen-bond acceptors (Lipinski definition) is 3. The first-order valence-electron chi connectivity index (χ1n) is 6.51. The van der Waals surface area contributed by atoms with E-state index in [2.05, 4.69) is 4.98 Å². The van der Waals surface area contributed by atoms with Crippen molar-refractivity contribution < 1.29 is 8.42 Å². The van der Waals surface area contributed by atoms with Gasteiger partial charge in [0, 0.05) is 44.9 Å². The lowest BCUT2D eigenvalue weighted by Crippen LogP contribution is -2.28. The summed E-state index contributed by atoms with van der Waals surface area (Å²) in [5.41, 5.74) is 1.83. The molecule has 0 fully saturated rings. The Morgan fingerprint density at radius 1 is 1.33 bits per heavy atom. The number of pyridine rings is 1. The van der Waals surface area contributed by atoms with Gasteiger partial charge in [-0.2, -0.15) is 0 Å². The molecule has 0 aromatic carbocycles. The molecule has 2 rings (SSSR count). The number of aromatic nitrogens is 2. The van der Waals surface area contributed by atoms with Crippen molar-refractivity contribution >= 4 is 21.6 Å². The van der Waals surface area contributed by atoms with E-state index in [4.69, 9.17) is 11.6 Å². The molecular formula is C14H18ClN3O2S. The van der Waals surface area contributed by atoms with Gasteiger partial charge in [-0.15, -0.1) is 11.6 Å². The molecule has 0 bridgehead atoms. The van der Waals surface area contributed by atoms with Crippen molar-refractivity contribution in [1.82, 2.24) is 13.9 Å². The van der Waals surface area contributed by atoms with Gasteiger partial charge >= 0.3 is 0 Å².